The number of fused-ring (bicyclic) bond motifs is 1. The van der Waals surface area contributed by atoms with E-state index in [9.17, 15) is 0 Å². The van der Waals surface area contributed by atoms with E-state index in [0.29, 0.717) is 6.54 Å². The van der Waals surface area contributed by atoms with E-state index >= 15 is 0 Å². The van der Waals surface area contributed by atoms with Gasteiger partial charge in [0.2, 0.25) is 0 Å². The van der Waals surface area contributed by atoms with Crippen molar-refractivity contribution in [2.45, 2.75) is 20.0 Å². The second-order valence-electron chi connectivity index (χ2n) is 4.59. The van der Waals surface area contributed by atoms with Gasteiger partial charge in [0.15, 0.2) is 5.65 Å². The third-order valence-electron chi connectivity index (χ3n) is 3.36. The van der Waals surface area contributed by atoms with Crippen molar-refractivity contribution in [3.63, 3.8) is 0 Å². The molecule has 0 amide bonds. The van der Waals surface area contributed by atoms with Crippen LogP contribution in [0.4, 0.5) is 0 Å². The first-order chi connectivity index (χ1) is 9.29. The summed E-state index contributed by atoms with van der Waals surface area (Å²) in [5.74, 6) is 0.872. The van der Waals surface area contributed by atoms with Crippen LogP contribution in [-0.4, -0.2) is 14.5 Å². The summed E-state index contributed by atoms with van der Waals surface area (Å²) in [6, 6.07) is 12.2. The first-order valence-corrected chi connectivity index (χ1v) is 6.34. The summed E-state index contributed by atoms with van der Waals surface area (Å²) in [6.45, 7) is 3.29. The topological polar surface area (TPSA) is 56.7 Å². The highest BCUT2D eigenvalue weighted by atomic mass is 15.1. The molecule has 0 aliphatic rings. The van der Waals surface area contributed by atoms with Crippen molar-refractivity contribution in [2.24, 2.45) is 5.73 Å². The van der Waals surface area contributed by atoms with E-state index < -0.39 is 0 Å². The van der Waals surface area contributed by atoms with Crippen molar-refractivity contribution < 1.29 is 0 Å². The van der Waals surface area contributed by atoms with Crippen LogP contribution in [-0.2, 0) is 13.1 Å². The Balaban J connectivity index is 2.12. The molecule has 0 fully saturated rings. The van der Waals surface area contributed by atoms with Crippen LogP contribution in [0.3, 0.4) is 0 Å². The minimum absolute atomic E-state index is 0.419. The summed E-state index contributed by atoms with van der Waals surface area (Å²) in [4.78, 5) is 8.95. The number of rotatable bonds is 3. The summed E-state index contributed by atoms with van der Waals surface area (Å²) in [5, 5.41) is 0. The van der Waals surface area contributed by atoms with Gasteiger partial charge in [-0.2, -0.15) is 0 Å². The van der Waals surface area contributed by atoms with E-state index in [1.807, 2.05) is 18.2 Å². The average Bonchev–Trinajstić information content (AvgIpc) is 2.79. The lowest BCUT2D eigenvalue weighted by molar-refractivity contribution is 0.734. The van der Waals surface area contributed by atoms with Crippen molar-refractivity contribution in [3.8, 4) is 0 Å². The van der Waals surface area contributed by atoms with Gasteiger partial charge in [0.25, 0.3) is 0 Å². The fourth-order valence-corrected chi connectivity index (χ4v) is 2.29. The molecule has 0 spiro atoms. The van der Waals surface area contributed by atoms with Crippen LogP contribution in [0.15, 0.2) is 42.6 Å². The van der Waals surface area contributed by atoms with Crippen LogP contribution < -0.4 is 5.73 Å². The normalized spacial score (nSPS) is 11.1. The molecule has 19 heavy (non-hydrogen) atoms. The molecule has 0 saturated carbocycles. The number of pyridine rings is 1. The number of nitrogens with two attached hydrogens (primary N) is 1. The Morgan fingerprint density at radius 3 is 2.79 bits per heavy atom. The summed E-state index contributed by atoms with van der Waals surface area (Å²) in [5.41, 5.74) is 10.1. The zero-order chi connectivity index (χ0) is 13.2. The van der Waals surface area contributed by atoms with Crippen LogP contribution in [0, 0.1) is 6.92 Å². The molecule has 0 aliphatic carbocycles. The van der Waals surface area contributed by atoms with Gasteiger partial charge in [0, 0.05) is 6.20 Å². The van der Waals surface area contributed by atoms with E-state index in [0.717, 1.165) is 23.5 Å². The zero-order valence-electron chi connectivity index (χ0n) is 10.9. The molecule has 2 heterocycles. The molecule has 2 N–H and O–H groups in total. The molecule has 0 saturated heterocycles. The first-order valence-electron chi connectivity index (χ1n) is 6.34. The molecular formula is C15H16N4. The van der Waals surface area contributed by atoms with Crippen LogP contribution >= 0.6 is 0 Å². The highest BCUT2D eigenvalue weighted by molar-refractivity contribution is 5.71. The number of nitrogens with zero attached hydrogens (tertiary/aromatic N) is 3. The number of benzene rings is 1. The van der Waals surface area contributed by atoms with Crippen LogP contribution in [0.25, 0.3) is 11.2 Å². The maximum absolute atomic E-state index is 5.80. The monoisotopic (exact) mass is 252 g/mol. The Kier molecular flexibility index (Phi) is 3.01. The summed E-state index contributed by atoms with van der Waals surface area (Å²) >= 11 is 0. The maximum Gasteiger partial charge on any atom is 0.160 e. The fourth-order valence-electron chi connectivity index (χ4n) is 2.29. The predicted molar refractivity (Wildman–Crippen MR) is 75.7 cm³/mol. The highest BCUT2D eigenvalue weighted by Crippen LogP contribution is 2.17. The third-order valence-corrected chi connectivity index (χ3v) is 3.36. The predicted octanol–water partition coefficient (Wildman–Crippen LogP) is 2.25. The van der Waals surface area contributed by atoms with E-state index in [-0.39, 0.29) is 0 Å². The Morgan fingerprint density at radius 2 is 2.00 bits per heavy atom. The molecule has 0 radical (unpaired) electrons. The van der Waals surface area contributed by atoms with E-state index in [4.69, 9.17) is 5.73 Å². The van der Waals surface area contributed by atoms with Crippen molar-refractivity contribution in [1.82, 2.24) is 14.5 Å². The van der Waals surface area contributed by atoms with E-state index in [1.54, 1.807) is 6.20 Å². The van der Waals surface area contributed by atoms with Gasteiger partial charge in [-0.3, -0.25) is 0 Å². The number of hydrogen-bond donors (Lipinski definition) is 1. The second kappa shape index (κ2) is 4.82. The van der Waals surface area contributed by atoms with Crippen molar-refractivity contribution in [1.29, 1.82) is 0 Å². The van der Waals surface area contributed by atoms with Gasteiger partial charge in [-0.25, -0.2) is 9.97 Å². The van der Waals surface area contributed by atoms with E-state index in [2.05, 4.69) is 39.7 Å². The number of hydrogen-bond acceptors (Lipinski definition) is 3. The largest absolute Gasteiger partial charge is 0.324 e. The molecule has 2 aromatic heterocycles. The Morgan fingerprint density at radius 1 is 1.16 bits per heavy atom. The van der Waals surface area contributed by atoms with Gasteiger partial charge < -0.3 is 10.3 Å². The Bertz CT molecular complexity index is 715. The SMILES string of the molecule is Cc1ccccc1Cn1c(CN)nc2cccnc21. The molecule has 4 nitrogen and oxygen atoms in total. The molecule has 0 bridgehead atoms. The lowest BCUT2D eigenvalue weighted by Crippen LogP contribution is -2.10. The number of aryl methyl sites for hydroxylation is 1. The van der Waals surface area contributed by atoms with E-state index in [1.165, 1.54) is 11.1 Å². The maximum atomic E-state index is 5.80. The summed E-state index contributed by atoms with van der Waals surface area (Å²) in [6.07, 6.45) is 1.79. The second-order valence-corrected chi connectivity index (χ2v) is 4.59. The Labute approximate surface area is 111 Å². The molecule has 0 atom stereocenters. The molecular weight excluding hydrogens is 236 g/mol. The number of imidazole rings is 1. The van der Waals surface area contributed by atoms with Crippen molar-refractivity contribution in [2.75, 3.05) is 0 Å². The average molecular weight is 252 g/mol. The lowest BCUT2D eigenvalue weighted by Gasteiger charge is -2.09. The first kappa shape index (κ1) is 11.9. The smallest absolute Gasteiger partial charge is 0.160 e. The molecule has 0 unspecified atom stereocenters. The van der Waals surface area contributed by atoms with Crippen molar-refractivity contribution >= 4 is 11.2 Å². The van der Waals surface area contributed by atoms with Gasteiger partial charge in [0.05, 0.1) is 13.1 Å². The Hall–Kier alpha value is -2.20. The van der Waals surface area contributed by atoms with Crippen LogP contribution in [0.5, 0.6) is 0 Å². The molecule has 1 aromatic carbocycles. The van der Waals surface area contributed by atoms with Crippen LogP contribution in [0.2, 0.25) is 0 Å². The number of aromatic nitrogens is 3. The van der Waals surface area contributed by atoms with Gasteiger partial charge >= 0.3 is 0 Å². The third kappa shape index (κ3) is 2.11. The molecule has 0 aliphatic heterocycles. The van der Waals surface area contributed by atoms with Crippen LogP contribution in [0.1, 0.15) is 17.0 Å². The van der Waals surface area contributed by atoms with Crippen molar-refractivity contribution in [3.05, 3.63) is 59.5 Å². The standard InChI is InChI=1S/C15H16N4/c1-11-5-2-3-6-12(11)10-19-14(9-16)18-13-7-4-8-17-15(13)19/h2-8H,9-10,16H2,1H3. The fraction of sp³-hybridized carbons (Fsp3) is 0.200. The lowest BCUT2D eigenvalue weighted by atomic mass is 10.1. The minimum atomic E-state index is 0.419. The summed E-state index contributed by atoms with van der Waals surface area (Å²) in [7, 11) is 0. The van der Waals surface area contributed by atoms with Gasteiger partial charge in [0.1, 0.15) is 11.3 Å². The quantitative estimate of drug-likeness (QED) is 0.777. The zero-order valence-corrected chi connectivity index (χ0v) is 10.9. The van der Waals surface area contributed by atoms with Gasteiger partial charge in [-0.15, -0.1) is 0 Å². The van der Waals surface area contributed by atoms with Gasteiger partial charge in [-0.05, 0) is 30.2 Å². The molecule has 3 aromatic rings. The molecule has 96 valence electrons. The minimum Gasteiger partial charge on any atom is -0.324 e. The molecule has 3 rings (SSSR count). The summed E-state index contributed by atoms with van der Waals surface area (Å²) < 4.78 is 2.09. The molecule has 4 heteroatoms. The highest BCUT2D eigenvalue weighted by Gasteiger charge is 2.11. The van der Waals surface area contributed by atoms with Gasteiger partial charge in [-0.1, -0.05) is 24.3 Å².